The van der Waals surface area contributed by atoms with E-state index < -0.39 is 72.3 Å². The summed E-state index contributed by atoms with van der Waals surface area (Å²) in [7, 11) is 0. The molecule has 12 heteroatoms. The van der Waals surface area contributed by atoms with Crippen molar-refractivity contribution in [3.63, 3.8) is 0 Å². The van der Waals surface area contributed by atoms with Gasteiger partial charge < -0.3 is 37.0 Å². The fourth-order valence-electron chi connectivity index (χ4n) is 3.04. The number of aliphatic hydroxyl groups excluding tert-OH is 1. The molecule has 8 N–H and O–H groups in total. The molecule has 5 atom stereocenters. The molecule has 0 saturated heterocycles. The van der Waals surface area contributed by atoms with Crippen LogP contribution in [0.5, 0.6) is 0 Å². The van der Waals surface area contributed by atoms with Gasteiger partial charge in [0.2, 0.25) is 17.7 Å². The second-order valence-corrected chi connectivity index (χ2v) is 8.25. The number of amides is 3. The Labute approximate surface area is 196 Å². The van der Waals surface area contributed by atoms with Crippen molar-refractivity contribution in [3.8, 4) is 0 Å². The van der Waals surface area contributed by atoms with Gasteiger partial charge in [-0.05, 0) is 18.4 Å². The lowest BCUT2D eigenvalue weighted by Crippen LogP contribution is -2.59. The highest BCUT2D eigenvalue weighted by Crippen LogP contribution is 2.08. The summed E-state index contributed by atoms with van der Waals surface area (Å²) in [6.45, 7) is 4.47. The topological polar surface area (TPSA) is 208 Å². The Hall–Kier alpha value is -3.51. The number of carboxylic acid groups (broad SMARTS) is 2. The van der Waals surface area contributed by atoms with Gasteiger partial charge in [-0.25, -0.2) is 4.79 Å². The van der Waals surface area contributed by atoms with Crippen molar-refractivity contribution >= 4 is 29.7 Å². The largest absolute Gasteiger partial charge is 0.481 e. The van der Waals surface area contributed by atoms with Crippen molar-refractivity contribution in [2.24, 2.45) is 11.7 Å². The fourth-order valence-corrected chi connectivity index (χ4v) is 3.04. The molecule has 1 aromatic rings. The minimum Gasteiger partial charge on any atom is -0.481 e. The second kappa shape index (κ2) is 13.3. The number of hydrogen-bond donors (Lipinski definition) is 7. The number of carboxylic acids is 2. The van der Waals surface area contributed by atoms with Crippen LogP contribution >= 0.6 is 0 Å². The van der Waals surface area contributed by atoms with Crippen LogP contribution in [0, 0.1) is 5.92 Å². The molecule has 5 unspecified atom stereocenters. The van der Waals surface area contributed by atoms with E-state index in [0.29, 0.717) is 5.56 Å². The molecule has 0 fully saturated rings. The Morgan fingerprint density at radius 2 is 1.41 bits per heavy atom. The molecule has 0 bridgehead atoms. The van der Waals surface area contributed by atoms with Crippen LogP contribution in [-0.2, 0) is 30.4 Å². The van der Waals surface area contributed by atoms with Gasteiger partial charge in [-0.1, -0.05) is 44.2 Å². The molecule has 3 amide bonds. The maximum absolute atomic E-state index is 13.0. The van der Waals surface area contributed by atoms with Crippen LogP contribution in [0.4, 0.5) is 0 Å². The number of rotatable bonds is 13. The van der Waals surface area contributed by atoms with E-state index in [1.807, 2.05) is 0 Å². The van der Waals surface area contributed by atoms with Gasteiger partial charge in [0.15, 0.2) is 6.04 Å². The van der Waals surface area contributed by atoms with Crippen LogP contribution in [-0.4, -0.2) is 75.3 Å². The standard InChI is InChI=1S/C22H32N4O8/c1-11(2)17(25-19(30)14(23)10-16(28)29)21(32)24-15(9-13-7-5-4-6-8-13)20(31)26-18(12(3)27)22(33)34/h4-8,11-12,14-15,17-18,27H,9-10,23H2,1-3H3,(H,24,32)(H,25,30)(H,26,31)(H,28,29)(H,33,34). The zero-order valence-corrected chi connectivity index (χ0v) is 19.2. The predicted molar refractivity (Wildman–Crippen MR) is 120 cm³/mol. The second-order valence-electron chi connectivity index (χ2n) is 8.25. The molecule has 188 valence electrons. The van der Waals surface area contributed by atoms with E-state index in [1.54, 1.807) is 44.2 Å². The van der Waals surface area contributed by atoms with Crippen LogP contribution in [0.2, 0.25) is 0 Å². The third-order valence-corrected chi connectivity index (χ3v) is 4.94. The summed E-state index contributed by atoms with van der Waals surface area (Å²) >= 11 is 0. The normalized spacial score (nSPS) is 15.4. The number of carbonyl (C=O) groups excluding carboxylic acids is 3. The van der Waals surface area contributed by atoms with Crippen molar-refractivity contribution in [1.82, 2.24) is 16.0 Å². The van der Waals surface area contributed by atoms with Gasteiger partial charge in [0.25, 0.3) is 0 Å². The number of benzene rings is 1. The van der Waals surface area contributed by atoms with Crippen molar-refractivity contribution in [1.29, 1.82) is 0 Å². The zero-order valence-electron chi connectivity index (χ0n) is 19.2. The van der Waals surface area contributed by atoms with E-state index in [9.17, 15) is 34.2 Å². The van der Waals surface area contributed by atoms with Gasteiger partial charge in [-0.15, -0.1) is 0 Å². The fraction of sp³-hybridized carbons (Fsp3) is 0.500. The molecule has 0 aliphatic rings. The van der Waals surface area contributed by atoms with E-state index in [2.05, 4.69) is 16.0 Å². The van der Waals surface area contributed by atoms with Crippen LogP contribution in [0.15, 0.2) is 30.3 Å². The summed E-state index contributed by atoms with van der Waals surface area (Å²) < 4.78 is 0. The Morgan fingerprint density at radius 3 is 1.88 bits per heavy atom. The van der Waals surface area contributed by atoms with Gasteiger partial charge in [-0.2, -0.15) is 0 Å². The maximum atomic E-state index is 13.0. The molecule has 0 heterocycles. The number of aliphatic carboxylic acids is 2. The number of carbonyl (C=O) groups is 5. The van der Waals surface area contributed by atoms with Gasteiger partial charge in [-0.3, -0.25) is 19.2 Å². The molecule has 0 radical (unpaired) electrons. The van der Waals surface area contributed by atoms with Crippen LogP contribution < -0.4 is 21.7 Å². The molecule has 1 rings (SSSR count). The van der Waals surface area contributed by atoms with Crippen LogP contribution in [0.25, 0.3) is 0 Å². The molecule has 0 aliphatic heterocycles. The third-order valence-electron chi connectivity index (χ3n) is 4.94. The van der Waals surface area contributed by atoms with Gasteiger partial charge in [0.05, 0.1) is 18.6 Å². The Balaban J connectivity index is 3.09. The van der Waals surface area contributed by atoms with Gasteiger partial charge in [0, 0.05) is 6.42 Å². The highest BCUT2D eigenvalue weighted by Gasteiger charge is 2.33. The van der Waals surface area contributed by atoms with E-state index in [4.69, 9.17) is 10.8 Å². The average molecular weight is 481 g/mol. The summed E-state index contributed by atoms with van der Waals surface area (Å²) in [6, 6.07) is 3.27. The quantitative estimate of drug-likeness (QED) is 0.177. The van der Waals surface area contributed by atoms with E-state index in [-0.39, 0.29) is 6.42 Å². The molecule has 12 nitrogen and oxygen atoms in total. The number of aliphatic hydroxyl groups is 1. The number of hydrogen-bond acceptors (Lipinski definition) is 7. The van der Waals surface area contributed by atoms with Crippen LogP contribution in [0.1, 0.15) is 32.8 Å². The first-order valence-corrected chi connectivity index (χ1v) is 10.7. The van der Waals surface area contributed by atoms with E-state index >= 15 is 0 Å². The van der Waals surface area contributed by atoms with E-state index in [1.165, 1.54) is 6.92 Å². The zero-order chi connectivity index (χ0) is 26.0. The number of nitrogens with two attached hydrogens (primary N) is 1. The first kappa shape index (κ1) is 28.5. The molecule has 1 aromatic carbocycles. The lowest BCUT2D eigenvalue weighted by molar-refractivity contribution is -0.145. The summed E-state index contributed by atoms with van der Waals surface area (Å²) in [6.07, 6.45) is -2.03. The van der Waals surface area contributed by atoms with Crippen molar-refractivity contribution in [2.45, 2.75) is 63.9 Å². The summed E-state index contributed by atoms with van der Waals surface area (Å²) in [5, 5.41) is 34.9. The predicted octanol–water partition coefficient (Wildman–Crippen LogP) is -1.39. The lowest BCUT2D eigenvalue weighted by atomic mass is 10.00. The van der Waals surface area contributed by atoms with Gasteiger partial charge >= 0.3 is 11.9 Å². The molecule has 34 heavy (non-hydrogen) atoms. The molecule has 0 aliphatic carbocycles. The van der Waals surface area contributed by atoms with Crippen LogP contribution in [0.3, 0.4) is 0 Å². The molecular weight excluding hydrogens is 448 g/mol. The monoisotopic (exact) mass is 480 g/mol. The first-order chi connectivity index (χ1) is 15.8. The number of nitrogens with one attached hydrogen (secondary N) is 3. The smallest absolute Gasteiger partial charge is 0.328 e. The summed E-state index contributed by atoms with van der Waals surface area (Å²) in [4.78, 5) is 60.3. The Kier molecular flexibility index (Phi) is 11.1. The van der Waals surface area contributed by atoms with Crippen molar-refractivity contribution in [2.75, 3.05) is 0 Å². The minimum absolute atomic E-state index is 0.00184. The Bertz CT molecular complexity index is 875. The molecule has 0 aromatic heterocycles. The minimum atomic E-state index is -1.60. The third kappa shape index (κ3) is 9.16. The van der Waals surface area contributed by atoms with E-state index in [0.717, 1.165) is 0 Å². The Morgan fingerprint density at radius 1 is 0.853 bits per heavy atom. The molecule has 0 saturated carbocycles. The highest BCUT2D eigenvalue weighted by molar-refractivity contribution is 5.95. The summed E-state index contributed by atoms with van der Waals surface area (Å²) in [5.74, 6) is -5.62. The SMILES string of the molecule is CC(C)C(NC(=O)C(N)CC(=O)O)C(=O)NC(Cc1ccccc1)C(=O)NC(C(=O)O)C(C)O. The molecular formula is C22H32N4O8. The van der Waals surface area contributed by atoms with Crippen molar-refractivity contribution < 1.29 is 39.3 Å². The first-order valence-electron chi connectivity index (χ1n) is 10.7. The van der Waals surface area contributed by atoms with Gasteiger partial charge in [0.1, 0.15) is 12.1 Å². The maximum Gasteiger partial charge on any atom is 0.328 e. The highest BCUT2D eigenvalue weighted by atomic mass is 16.4. The lowest BCUT2D eigenvalue weighted by Gasteiger charge is -2.27. The molecule has 0 spiro atoms. The van der Waals surface area contributed by atoms with Crippen molar-refractivity contribution in [3.05, 3.63) is 35.9 Å². The summed E-state index contributed by atoms with van der Waals surface area (Å²) in [5.41, 5.74) is 6.23. The average Bonchev–Trinajstić information content (AvgIpc) is 2.74.